The first-order valence-electron chi connectivity index (χ1n) is 8.07. The number of morpholine rings is 1. The number of nitrogens with zero attached hydrogens (tertiary/aromatic N) is 1. The van der Waals surface area contributed by atoms with Crippen LogP contribution in [0.15, 0.2) is 0 Å². The molecule has 0 radical (unpaired) electrons. The summed E-state index contributed by atoms with van der Waals surface area (Å²) in [5.41, 5.74) is 0.479. The summed E-state index contributed by atoms with van der Waals surface area (Å²) in [6, 6.07) is 0.585. The molecule has 1 saturated heterocycles. The quantitative estimate of drug-likeness (QED) is 0.792. The Morgan fingerprint density at radius 1 is 1.16 bits per heavy atom. The molecule has 3 aliphatic rings. The fourth-order valence-corrected chi connectivity index (χ4v) is 4.76. The van der Waals surface area contributed by atoms with Crippen molar-refractivity contribution < 1.29 is 9.84 Å². The number of hydrogen-bond acceptors (Lipinski definition) is 3. The third kappa shape index (κ3) is 2.70. The standard InChI is InChI=1S/C16H29NO2/c1-15(2)12-17(9-10-19-15)14-11-13(18)5-8-16(14)6-3-4-7-16/h13-14,18H,3-12H2,1-2H3. The molecule has 3 fully saturated rings. The lowest BCUT2D eigenvalue weighted by atomic mass is 9.67. The van der Waals surface area contributed by atoms with Crippen molar-refractivity contribution in [2.45, 2.75) is 76.5 Å². The minimum absolute atomic E-state index is 0.0273. The van der Waals surface area contributed by atoms with E-state index in [0.29, 0.717) is 11.5 Å². The van der Waals surface area contributed by atoms with Crippen LogP contribution in [0.4, 0.5) is 0 Å². The molecular formula is C16H29NO2. The highest BCUT2D eigenvalue weighted by Crippen LogP contribution is 2.51. The highest BCUT2D eigenvalue weighted by Gasteiger charge is 2.48. The molecule has 1 aliphatic heterocycles. The molecule has 2 aliphatic carbocycles. The molecular weight excluding hydrogens is 238 g/mol. The van der Waals surface area contributed by atoms with Gasteiger partial charge in [-0.25, -0.2) is 0 Å². The molecule has 19 heavy (non-hydrogen) atoms. The van der Waals surface area contributed by atoms with Crippen LogP contribution in [0.1, 0.15) is 58.8 Å². The first-order valence-corrected chi connectivity index (χ1v) is 8.07. The Bertz CT molecular complexity index is 323. The Kier molecular flexibility index (Phi) is 3.65. The maximum Gasteiger partial charge on any atom is 0.0753 e. The normalized spacial score (nSPS) is 38.7. The lowest BCUT2D eigenvalue weighted by molar-refractivity contribution is -0.127. The van der Waals surface area contributed by atoms with E-state index in [4.69, 9.17) is 4.74 Å². The maximum absolute atomic E-state index is 10.1. The first kappa shape index (κ1) is 13.8. The molecule has 1 spiro atoms. The molecule has 1 N–H and O–H groups in total. The fraction of sp³-hybridized carbons (Fsp3) is 1.00. The molecule has 0 aromatic carbocycles. The van der Waals surface area contributed by atoms with E-state index in [1.54, 1.807) is 0 Å². The second-order valence-electron chi connectivity index (χ2n) is 7.59. The first-order chi connectivity index (χ1) is 9.01. The Morgan fingerprint density at radius 2 is 1.89 bits per heavy atom. The van der Waals surface area contributed by atoms with Crippen molar-refractivity contribution >= 4 is 0 Å². The van der Waals surface area contributed by atoms with Crippen molar-refractivity contribution in [3.63, 3.8) is 0 Å². The maximum atomic E-state index is 10.1. The van der Waals surface area contributed by atoms with Crippen molar-refractivity contribution in [2.24, 2.45) is 5.41 Å². The van der Waals surface area contributed by atoms with E-state index in [0.717, 1.165) is 32.5 Å². The van der Waals surface area contributed by atoms with Gasteiger partial charge < -0.3 is 9.84 Å². The number of aliphatic hydroxyl groups is 1. The minimum Gasteiger partial charge on any atom is -0.393 e. The zero-order valence-electron chi connectivity index (χ0n) is 12.5. The van der Waals surface area contributed by atoms with Crippen molar-refractivity contribution in [3.8, 4) is 0 Å². The second-order valence-corrected chi connectivity index (χ2v) is 7.59. The lowest BCUT2D eigenvalue weighted by Gasteiger charge is -2.52. The van der Waals surface area contributed by atoms with E-state index in [2.05, 4.69) is 18.7 Å². The van der Waals surface area contributed by atoms with E-state index < -0.39 is 0 Å². The van der Waals surface area contributed by atoms with E-state index in [1.165, 1.54) is 32.1 Å². The van der Waals surface area contributed by atoms with Crippen molar-refractivity contribution in [2.75, 3.05) is 19.7 Å². The average Bonchev–Trinajstić information content (AvgIpc) is 2.81. The monoisotopic (exact) mass is 267 g/mol. The highest BCUT2D eigenvalue weighted by atomic mass is 16.5. The van der Waals surface area contributed by atoms with Crippen LogP contribution in [0.25, 0.3) is 0 Å². The van der Waals surface area contributed by atoms with Crippen LogP contribution in [-0.2, 0) is 4.74 Å². The Morgan fingerprint density at radius 3 is 2.58 bits per heavy atom. The predicted octanol–water partition coefficient (Wildman–Crippen LogP) is 2.57. The van der Waals surface area contributed by atoms with Gasteiger partial charge in [-0.2, -0.15) is 0 Å². The minimum atomic E-state index is -0.0813. The molecule has 0 amide bonds. The molecule has 110 valence electrons. The summed E-state index contributed by atoms with van der Waals surface area (Å²) in [5, 5.41) is 10.1. The molecule has 0 aromatic heterocycles. The van der Waals surface area contributed by atoms with Crippen LogP contribution in [0, 0.1) is 5.41 Å². The van der Waals surface area contributed by atoms with Crippen LogP contribution in [0.2, 0.25) is 0 Å². The summed E-state index contributed by atoms with van der Waals surface area (Å²) in [4.78, 5) is 2.64. The topological polar surface area (TPSA) is 32.7 Å². The largest absolute Gasteiger partial charge is 0.393 e. The Labute approximate surface area is 117 Å². The van der Waals surface area contributed by atoms with Gasteiger partial charge in [0.2, 0.25) is 0 Å². The molecule has 2 saturated carbocycles. The molecule has 3 nitrogen and oxygen atoms in total. The van der Waals surface area contributed by atoms with Crippen LogP contribution in [-0.4, -0.2) is 47.4 Å². The van der Waals surface area contributed by atoms with Crippen molar-refractivity contribution in [1.29, 1.82) is 0 Å². The van der Waals surface area contributed by atoms with Crippen molar-refractivity contribution in [3.05, 3.63) is 0 Å². The van der Waals surface area contributed by atoms with E-state index in [1.807, 2.05) is 0 Å². The third-order valence-corrected chi connectivity index (χ3v) is 5.67. The van der Waals surface area contributed by atoms with Gasteiger partial charge in [0.05, 0.1) is 18.3 Å². The van der Waals surface area contributed by atoms with E-state index >= 15 is 0 Å². The number of ether oxygens (including phenoxy) is 1. The zero-order chi connectivity index (χ0) is 13.5. The second kappa shape index (κ2) is 5.01. The number of hydrogen-bond donors (Lipinski definition) is 1. The lowest BCUT2D eigenvalue weighted by Crippen LogP contribution is -2.58. The molecule has 2 unspecified atom stereocenters. The summed E-state index contributed by atoms with van der Waals surface area (Å²) in [6.45, 7) is 7.30. The van der Waals surface area contributed by atoms with Gasteiger partial charge in [0.25, 0.3) is 0 Å². The predicted molar refractivity (Wildman–Crippen MR) is 76.2 cm³/mol. The highest BCUT2D eigenvalue weighted by molar-refractivity contribution is 5.01. The smallest absolute Gasteiger partial charge is 0.0753 e. The van der Waals surface area contributed by atoms with Gasteiger partial charge in [-0.3, -0.25) is 4.90 Å². The summed E-state index contributed by atoms with van der Waals surface area (Å²) in [7, 11) is 0. The van der Waals surface area contributed by atoms with Crippen molar-refractivity contribution in [1.82, 2.24) is 4.90 Å². The van der Waals surface area contributed by atoms with Gasteiger partial charge in [0.1, 0.15) is 0 Å². The summed E-state index contributed by atoms with van der Waals surface area (Å²) < 4.78 is 5.86. The fourth-order valence-electron chi connectivity index (χ4n) is 4.76. The molecule has 0 aromatic rings. The number of rotatable bonds is 1. The Balaban J connectivity index is 1.78. The third-order valence-electron chi connectivity index (χ3n) is 5.67. The van der Waals surface area contributed by atoms with Gasteiger partial charge in [-0.1, -0.05) is 12.8 Å². The van der Waals surface area contributed by atoms with Crippen LogP contribution >= 0.6 is 0 Å². The molecule has 3 heteroatoms. The average molecular weight is 267 g/mol. The van der Waals surface area contributed by atoms with E-state index in [9.17, 15) is 5.11 Å². The Hall–Kier alpha value is -0.120. The van der Waals surface area contributed by atoms with Gasteiger partial charge in [-0.05, 0) is 51.4 Å². The van der Waals surface area contributed by atoms with Gasteiger partial charge in [0.15, 0.2) is 0 Å². The summed E-state index contributed by atoms with van der Waals surface area (Å²) >= 11 is 0. The molecule has 0 bridgehead atoms. The summed E-state index contributed by atoms with van der Waals surface area (Å²) in [6.07, 6.45) is 8.68. The van der Waals surface area contributed by atoms with Crippen LogP contribution < -0.4 is 0 Å². The van der Waals surface area contributed by atoms with Gasteiger partial charge in [-0.15, -0.1) is 0 Å². The molecule has 2 atom stereocenters. The summed E-state index contributed by atoms with van der Waals surface area (Å²) in [5.74, 6) is 0. The number of aliphatic hydroxyl groups excluding tert-OH is 1. The van der Waals surface area contributed by atoms with Gasteiger partial charge >= 0.3 is 0 Å². The van der Waals surface area contributed by atoms with Crippen LogP contribution in [0.5, 0.6) is 0 Å². The van der Waals surface area contributed by atoms with Gasteiger partial charge in [0, 0.05) is 19.1 Å². The van der Waals surface area contributed by atoms with Crippen LogP contribution in [0.3, 0.4) is 0 Å². The SMILES string of the molecule is CC1(C)CN(C2CC(O)CCC23CCCC3)CCO1. The zero-order valence-corrected chi connectivity index (χ0v) is 12.5. The van der Waals surface area contributed by atoms with E-state index in [-0.39, 0.29) is 11.7 Å². The molecule has 1 heterocycles. The molecule has 3 rings (SSSR count).